The van der Waals surface area contributed by atoms with Crippen LogP contribution in [-0.4, -0.2) is 14.9 Å². The van der Waals surface area contributed by atoms with Gasteiger partial charge in [0.05, 0.1) is 24.0 Å². The maximum absolute atomic E-state index is 9.39. The van der Waals surface area contributed by atoms with Gasteiger partial charge >= 0.3 is 0 Å². The highest BCUT2D eigenvalue weighted by molar-refractivity contribution is 14.1. The zero-order chi connectivity index (χ0) is 12.5. The van der Waals surface area contributed by atoms with Gasteiger partial charge in [-0.1, -0.05) is 18.2 Å². The van der Waals surface area contributed by atoms with E-state index < -0.39 is 0 Å². The number of aromatic nitrogens is 2. The van der Waals surface area contributed by atoms with Crippen molar-refractivity contribution in [3.05, 3.63) is 57.8 Å². The summed E-state index contributed by atoms with van der Waals surface area (Å²) in [5.74, 6) is 0. The van der Waals surface area contributed by atoms with Crippen LogP contribution in [0.3, 0.4) is 0 Å². The summed E-state index contributed by atoms with van der Waals surface area (Å²) in [6.45, 7) is 0.0158. The second-order valence-corrected chi connectivity index (χ2v) is 5.29. The molecule has 0 unspecified atom stereocenters. The predicted molar refractivity (Wildman–Crippen MR) is 79.7 cm³/mol. The Hall–Kier alpha value is -1.40. The number of para-hydroxylation sites is 1. The number of nitrogens with zero attached hydrogens (tertiary/aromatic N) is 2. The lowest BCUT2D eigenvalue weighted by atomic mass is 10.2. The average molecular weight is 350 g/mol. The van der Waals surface area contributed by atoms with Crippen molar-refractivity contribution in [2.24, 2.45) is 0 Å². The Morgan fingerprint density at radius 1 is 1.17 bits per heavy atom. The van der Waals surface area contributed by atoms with Gasteiger partial charge in [0, 0.05) is 14.5 Å². The van der Waals surface area contributed by atoms with E-state index in [-0.39, 0.29) is 6.61 Å². The normalized spacial score (nSPS) is 11.0. The topological polar surface area (TPSA) is 38.0 Å². The first-order chi connectivity index (χ1) is 8.79. The molecule has 1 N–H and O–H groups in total. The fourth-order valence-electron chi connectivity index (χ4n) is 2.05. The zero-order valence-corrected chi connectivity index (χ0v) is 11.7. The number of hydrogen-bond acceptors (Lipinski definition) is 2. The molecular weight excluding hydrogens is 339 g/mol. The Labute approximate surface area is 118 Å². The molecule has 0 aliphatic rings. The van der Waals surface area contributed by atoms with Gasteiger partial charge in [0.25, 0.3) is 0 Å². The number of fused-ring (bicyclic) bond motifs is 1. The average Bonchev–Trinajstić information content (AvgIpc) is 2.81. The summed E-state index contributed by atoms with van der Waals surface area (Å²) in [6, 6.07) is 14.0. The van der Waals surface area contributed by atoms with Gasteiger partial charge in [0.1, 0.15) is 0 Å². The van der Waals surface area contributed by atoms with E-state index in [2.05, 4.69) is 45.9 Å². The minimum absolute atomic E-state index is 0.0158. The molecule has 0 bridgehead atoms. The molecule has 18 heavy (non-hydrogen) atoms. The predicted octanol–water partition coefficient (Wildman–Crippen LogP) is 3.12. The monoisotopic (exact) mass is 350 g/mol. The molecule has 1 aromatic heterocycles. The minimum atomic E-state index is 0.0158. The Morgan fingerprint density at radius 2 is 2.00 bits per heavy atom. The maximum Gasteiger partial charge on any atom is 0.0741 e. The van der Waals surface area contributed by atoms with Crippen LogP contribution in [0, 0.1) is 3.57 Å². The molecule has 1 heterocycles. The third kappa shape index (κ3) is 1.91. The quantitative estimate of drug-likeness (QED) is 0.722. The minimum Gasteiger partial charge on any atom is -0.392 e. The van der Waals surface area contributed by atoms with E-state index in [1.54, 1.807) is 0 Å². The van der Waals surface area contributed by atoms with Crippen LogP contribution in [0.5, 0.6) is 0 Å². The molecule has 2 aromatic carbocycles. The van der Waals surface area contributed by atoms with Crippen LogP contribution in [0.1, 0.15) is 5.56 Å². The van der Waals surface area contributed by atoms with Crippen molar-refractivity contribution in [1.29, 1.82) is 0 Å². The lowest BCUT2D eigenvalue weighted by Crippen LogP contribution is -2.00. The highest BCUT2D eigenvalue weighted by atomic mass is 127. The summed E-state index contributed by atoms with van der Waals surface area (Å²) in [5, 5.41) is 14.9. The second-order valence-electron chi connectivity index (χ2n) is 4.05. The molecular formula is C14H11IN2O. The van der Waals surface area contributed by atoms with Crippen molar-refractivity contribution in [3.8, 4) is 5.69 Å². The number of rotatable bonds is 2. The van der Waals surface area contributed by atoms with E-state index in [0.717, 1.165) is 22.2 Å². The van der Waals surface area contributed by atoms with Gasteiger partial charge in [-0.15, -0.1) is 0 Å². The summed E-state index contributed by atoms with van der Waals surface area (Å²) in [4.78, 5) is 0. The zero-order valence-electron chi connectivity index (χ0n) is 9.55. The molecule has 0 fully saturated rings. The van der Waals surface area contributed by atoms with Crippen molar-refractivity contribution in [3.63, 3.8) is 0 Å². The maximum atomic E-state index is 9.39. The van der Waals surface area contributed by atoms with E-state index in [9.17, 15) is 5.11 Å². The lowest BCUT2D eigenvalue weighted by Gasteiger charge is -2.08. The fraction of sp³-hybridized carbons (Fsp3) is 0.0714. The van der Waals surface area contributed by atoms with Crippen molar-refractivity contribution in [2.75, 3.05) is 0 Å². The molecule has 0 saturated carbocycles. The summed E-state index contributed by atoms with van der Waals surface area (Å²) >= 11 is 2.29. The first kappa shape index (κ1) is 11.7. The van der Waals surface area contributed by atoms with Gasteiger partial charge in [-0.2, -0.15) is 5.10 Å². The number of aliphatic hydroxyl groups excluding tert-OH is 1. The van der Waals surface area contributed by atoms with E-state index in [1.165, 1.54) is 3.57 Å². The Bertz CT molecular complexity index is 706. The highest BCUT2D eigenvalue weighted by Gasteiger charge is 2.08. The van der Waals surface area contributed by atoms with E-state index >= 15 is 0 Å². The van der Waals surface area contributed by atoms with Crippen LogP contribution in [0.4, 0.5) is 0 Å². The summed E-state index contributed by atoms with van der Waals surface area (Å²) in [5.41, 5.74) is 2.86. The molecule has 0 spiro atoms. The largest absolute Gasteiger partial charge is 0.392 e. The molecule has 3 rings (SSSR count). The molecule has 3 aromatic rings. The van der Waals surface area contributed by atoms with Gasteiger partial charge in [-0.25, -0.2) is 4.68 Å². The molecule has 0 aliphatic carbocycles. The van der Waals surface area contributed by atoms with E-state index in [0.29, 0.717) is 0 Å². The van der Waals surface area contributed by atoms with Gasteiger partial charge < -0.3 is 5.11 Å². The van der Waals surface area contributed by atoms with Crippen molar-refractivity contribution >= 4 is 33.5 Å². The second kappa shape index (κ2) is 4.70. The van der Waals surface area contributed by atoms with Gasteiger partial charge in [0.2, 0.25) is 0 Å². The number of aliphatic hydroxyl groups is 1. The van der Waals surface area contributed by atoms with Gasteiger partial charge in [-0.05, 0) is 46.9 Å². The third-order valence-corrected chi connectivity index (χ3v) is 3.59. The Morgan fingerprint density at radius 3 is 2.83 bits per heavy atom. The molecule has 0 aliphatic heterocycles. The van der Waals surface area contributed by atoms with Crippen LogP contribution in [-0.2, 0) is 6.61 Å². The van der Waals surface area contributed by atoms with Gasteiger partial charge in [0.15, 0.2) is 0 Å². The number of benzene rings is 2. The highest BCUT2D eigenvalue weighted by Crippen LogP contribution is 2.22. The molecule has 0 atom stereocenters. The van der Waals surface area contributed by atoms with E-state index in [1.807, 2.05) is 35.1 Å². The SMILES string of the molecule is OCc1ccccc1-n1ncc2cc(I)ccc21. The van der Waals surface area contributed by atoms with Crippen molar-refractivity contribution in [1.82, 2.24) is 9.78 Å². The van der Waals surface area contributed by atoms with Crippen LogP contribution < -0.4 is 0 Å². The molecule has 4 heteroatoms. The summed E-state index contributed by atoms with van der Waals surface area (Å²) in [7, 11) is 0. The van der Waals surface area contributed by atoms with Crippen molar-refractivity contribution < 1.29 is 5.11 Å². The van der Waals surface area contributed by atoms with Gasteiger partial charge in [-0.3, -0.25) is 0 Å². The number of hydrogen-bond donors (Lipinski definition) is 1. The molecule has 3 nitrogen and oxygen atoms in total. The van der Waals surface area contributed by atoms with Crippen molar-refractivity contribution in [2.45, 2.75) is 6.61 Å². The molecule has 0 amide bonds. The first-order valence-corrected chi connectivity index (χ1v) is 6.70. The Kier molecular flexibility index (Phi) is 3.05. The van der Waals surface area contributed by atoms with Crippen LogP contribution in [0.25, 0.3) is 16.6 Å². The third-order valence-electron chi connectivity index (χ3n) is 2.92. The first-order valence-electron chi connectivity index (χ1n) is 5.62. The van der Waals surface area contributed by atoms with Crippen LogP contribution in [0.2, 0.25) is 0 Å². The van der Waals surface area contributed by atoms with Crippen LogP contribution in [0.15, 0.2) is 48.7 Å². The van der Waals surface area contributed by atoms with Crippen LogP contribution >= 0.6 is 22.6 Å². The smallest absolute Gasteiger partial charge is 0.0741 e. The fourth-order valence-corrected chi connectivity index (χ4v) is 2.56. The standard InChI is InChI=1S/C14H11IN2O/c15-12-5-6-14-11(7-12)8-16-17(14)13-4-2-1-3-10(13)9-18/h1-8,18H,9H2. The molecule has 90 valence electrons. The summed E-state index contributed by atoms with van der Waals surface area (Å²) < 4.78 is 3.06. The Balaban J connectivity index is 2.26. The molecule has 0 radical (unpaired) electrons. The molecule has 0 saturated heterocycles. The van der Waals surface area contributed by atoms with E-state index in [4.69, 9.17) is 0 Å². The summed E-state index contributed by atoms with van der Waals surface area (Å²) in [6.07, 6.45) is 1.85. The lowest BCUT2D eigenvalue weighted by molar-refractivity contribution is 0.281. The number of halogens is 1.